The van der Waals surface area contributed by atoms with Gasteiger partial charge in [-0.1, -0.05) is 53.7 Å². The van der Waals surface area contributed by atoms with Crippen LogP contribution in [0.4, 0.5) is 11.6 Å². The van der Waals surface area contributed by atoms with Gasteiger partial charge in [0.2, 0.25) is 5.95 Å². The molecule has 30 heavy (non-hydrogen) atoms. The molecule has 0 saturated heterocycles. The summed E-state index contributed by atoms with van der Waals surface area (Å²) in [5.41, 5.74) is 1.50. The number of halogens is 1. The molecule has 8 nitrogen and oxygen atoms in total. The topological polar surface area (TPSA) is 103 Å². The van der Waals surface area contributed by atoms with Crippen LogP contribution in [0.3, 0.4) is 0 Å². The molecule has 0 radical (unpaired) electrons. The predicted molar refractivity (Wildman–Crippen MR) is 117 cm³/mol. The number of non-ortho nitro benzene ring substituents is 1. The summed E-state index contributed by atoms with van der Waals surface area (Å²) in [7, 11) is 0. The molecule has 0 spiro atoms. The number of carbonyl (C=O) groups is 1. The summed E-state index contributed by atoms with van der Waals surface area (Å²) in [4.78, 5) is 22.6. The van der Waals surface area contributed by atoms with E-state index < -0.39 is 10.8 Å². The maximum absolute atomic E-state index is 12.3. The van der Waals surface area contributed by atoms with E-state index in [0.29, 0.717) is 34.0 Å². The molecule has 3 rings (SSSR count). The van der Waals surface area contributed by atoms with Crippen molar-refractivity contribution >= 4 is 47.0 Å². The molecule has 10 heteroatoms. The normalized spacial score (nSPS) is 11.0. The van der Waals surface area contributed by atoms with Crippen molar-refractivity contribution in [2.75, 3.05) is 5.32 Å². The first kappa shape index (κ1) is 21.5. The fourth-order valence-electron chi connectivity index (χ4n) is 2.60. The number of carbonyl (C=O) groups excluding carboxylic acids is 1. The molecule has 1 amide bonds. The molecule has 1 heterocycles. The fourth-order valence-corrected chi connectivity index (χ4v) is 3.88. The zero-order valence-corrected chi connectivity index (χ0v) is 17.6. The molecule has 154 valence electrons. The summed E-state index contributed by atoms with van der Waals surface area (Å²) in [6, 6.07) is 13.6. The van der Waals surface area contributed by atoms with Crippen molar-refractivity contribution in [3.8, 4) is 0 Å². The predicted octanol–water partition coefficient (Wildman–Crippen LogP) is 4.80. The molecular weight excluding hydrogens is 426 g/mol. The smallest absolute Gasteiger partial charge is 0.270 e. The number of anilines is 1. The number of aromatic nitrogens is 3. The number of amides is 1. The Hall–Kier alpha value is -3.17. The van der Waals surface area contributed by atoms with Gasteiger partial charge in [-0.15, -0.1) is 10.2 Å². The minimum atomic E-state index is -0.483. The largest absolute Gasteiger partial charge is 0.291 e. The number of thioether (sulfide) groups is 1. The Kier molecular flexibility index (Phi) is 7.21. The number of benzene rings is 2. The highest BCUT2D eigenvalue weighted by molar-refractivity contribution is 7.98. The van der Waals surface area contributed by atoms with Crippen LogP contribution < -0.4 is 5.32 Å². The maximum Gasteiger partial charge on any atom is 0.270 e. The highest BCUT2D eigenvalue weighted by Crippen LogP contribution is 2.27. The van der Waals surface area contributed by atoms with E-state index in [2.05, 4.69) is 15.5 Å². The van der Waals surface area contributed by atoms with Crippen LogP contribution in [0, 0.1) is 10.1 Å². The minimum absolute atomic E-state index is 0.0385. The summed E-state index contributed by atoms with van der Waals surface area (Å²) in [6.07, 6.45) is 2.80. The lowest BCUT2D eigenvalue weighted by molar-refractivity contribution is -0.384. The average Bonchev–Trinajstić information content (AvgIpc) is 3.13. The molecule has 0 fully saturated rings. The Morgan fingerprint density at radius 2 is 2.07 bits per heavy atom. The highest BCUT2D eigenvalue weighted by Gasteiger charge is 2.13. The van der Waals surface area contributed by atoms with Gasteiger partial charge in [-0.05, 0) is 30.2 Å². The second-order valence-electron chi connectivity index (χ2n) is 6.11. The number of hydrogen-bond acceptors (Lipinski definition) is 6. The lowest BCUT2D eigenvalue weighted by Gasteiger charge is -2.08. The van der Waals surface area contributed by atoms with E-state index in [1.54, 1.807) is 16.7 Å². The molecule has 0 saturated carbocycles. The fraction of sp³-hybridized carbons (Fsp3) is 0.150. The second-order valence-corrected chi connectivity index (χ2v) is 7.45. The van der Waals surface area contributed by atoms with E-state index in [-0.39, 0.29) is 5.69 Å². The minimum Gasteiger partial charge on any atom is -0.291 e. The van der Waals surface area contributed by atoms with Gasteiger partial charge in [0.25, 0.3) is 11.6 Å². The average molecular weight is 444 g/mol. The molecule has 0 unspecified atom stereocenters. The summed E-state index contributed by atoms with van der Waals surface area (Å²) >= 11 is 7.67. The van der Waals surface area contributed by atoms with E-state index in [9.17, 15) is 14.9 Å². The summed E-state index contributed by atoms with van der Waals surface area (Å²) in [5.74, 6) is 0.539. The van der Waals surface area contributed by atoms with Crippen LogP contribution in [0.2, 0.25) is 5.02 Å². The lowest BCUT2D eigenvalue weighted by Crippen LogP contribution is -2.13. The molecule has 0 aliphatic heterocycles. The summed E-state index contributed by atoms with van der Waals surface area (Å²) < 4.78 is 1.79. The molecular formula is C20H18ClN5O3S. The van der Waals surface area contributed by atoms with E-state index in [1.165, 1.54) is 36.0 Å². The van der Waals surface area contributed by atoms with Crippen molar-refractivity contribution in [3.05, 3.63) is 80.9 Å². The van der Waals surface area contributed by atoms with Crippen LogP contribution in [0.1, 0.15) is 18.1 Å². The van der Waals surface area contributed by atoms with E-state index in [1.807, 2.05) is 31.2 Å². The Morgan fingerprint density at radius 1 is 1.27 bits per heavy atom. The summed E-state index contributed by atoms with van der Waals surface area (Å²) in [6.45, 7) is 2.50. The number of nitrogens with zero attached hydrogens (tertiary/aromatic N) is 4. The van der Waals surface area contributed by atoms with Gasteiger partial charge in [-0.25, -0.2) is 0 Å². The number of nitro benzene ring substituents is 1. The number of rotatable bonds is 8. The molecule has 0 aliphatic rings. The molecule has 1 aromatic heterocycles. The Bertz CT molecular complexity index is 1100. The van der Waals surface area contributed by atoms with Crippen LogP contribution in [0.5, 0.6) is 0 Å². The van der Waals surface area contributed by atoms with Gasteiger partial charge >= 0.3 is 0 Å². The Morgan fingerprint density at radius 3 is 2.80 bits per heavy atom. The third-order valence-electron chi connectivity index (χ3n) is 4.09. The molecule has 0 bridgehead atoms. The summed E-state index contributed by atoms with van der Waals surface area (Å²) in [5, 5.41) is 23.1. The van der Waals surface area contributed by atoms with Crippen LogP contribution in [-0.4, -0.2) is 25.6 Å². The third kappa shape index (κ3) is 5.46. The van der Waals surface area contributed by atoms with Crippen LogP contribution in [0.25, 0.3) is 6.08 Å². The van der Waals surface area contributed by atoms with Crippen LogP contribution >= 0.6 is 23.4 Å². The van der Waals surface area contributed by atoms with Crippen molar-refractivity contribution in [3.63, 3.8) is 0 Å². The molecule has 1 N–H and O–H groups in total. The lowest BCUT2D eigenvalue weighted by atomic mass is 10.2. The van der Waals surface area contributed by atoms with E-state index in [0.717, 1.165) is 5.56 Å². The van der Waals surface area contributed by atoms with Crippen molar-refractivity contribution in [2.45, 2.75) is 24.4 Å². The van der Waals surface area contributed by atoms with Gasteiger partial charge < -0.3 is 0 Å². The molecule has 2 aromatic carbocycles. The second kappa shape index (κ2) is 10.0. The van der Waals surface area contributed by atoms with Crippen LogP contribution in [0.15, 0.2) is 59.8 Å². The van der Waals surface area contributed by atoms with Crippen molar-refractivity contribution in [1.29, 1.82) is 0 Å². The van der Waals surface area contributed by atoms with E-state index in [4.69, 9.17) is 11.6 Å². The van der Waals surface area contributed by atoms with Gasteiger partial charge in [0.15, 0.2) is 5.16 Å². The SMILES string of the molecule is CCn1c(NC(=O)/C=C/c2cccc([N+](=O)[O-])c2)nnc1SCc1ccccc1Cl. The van der Waals surface area contributed by atoms with Crippen LogP contribution in [-0.2, 0) is 17.1 Å². The molecule has 3 aromatic rings. The van der Waals surface area contributed by atoms with Gasteiger partial charge in [0.05, 0.1) is 4.92 Å². The van der Waals surface area contributed by atoms with E-state index >= 15 is 0 Å². The molecule has 0 atom stereocenters. The van der Waals surface area contributed by atoms with Gasteiger partial charge in [-0.3, -0.25) is 24.8 Å². The van der Waals surface area contributed by atoms with Crippen molar-refractivity contribution in [2.24, 2.45) is 0 Å². The number of hydrogen-bond donors (Lipinski definition) is 1. The zero-order valence-electron chi connectivity index (χ0n) is 16.0. The van der Waals surface area contributed by atoms with Gasteiger partial charge in [0.1, 0.15) is 0 Å². The monoisotopic (exact) mass is 443 g/mol. The first-order valence-corrected chi connectivity index (χ1v) is 10.4. The Balaban J connectivity index is 1.66. The quantitative estimate of drug-likeness (QED) is 0.232. The first-order valence-electron chi connectivity index (χ1n) is 9.01. The third-order valence-corrected chi connectivity index (χ3v) is 5.48. The van der Waals surface area contributed by atoms with Gasteiger partial charge in [-0.2, -0.15) is 0 Å². The Labute approximate surface area is 182 Å². The standard InChI is InChI=1S/C20H18ClN5O3S/c1-2-25-19(23-24-20(25)30-13-15-7-3-4-9-17(15)21)22-18(27)11-10-14-6-5-8-16(12-14)26(28)29/h3-12H,2,13H2,1H3,(H,22,23,27)/b11-10+. The van der Waals surface area contributed by atoms with Gasteiger partial charge in [0, 0.05) is 35.5 Å². The first-order chi connectivity index (χ1) is 14.5. The van der Waals surface area contributed by atoms with Crippen molar-refractivity contribution in [1.82, 2.24) is 14.8 Å². The number of nitrogens with one attached hydrogen (secondary N) is 1. The zero-order chi connectivity index (χ0) is 21.5. The maximum atomic E-state index is 12.3. The molecule has 0 aliphatic carbocycles. The number of nitro groups is 1. The van der Waals surface area contributed by atoms with Crippen molar-refractivity contribution < 1.29 is 9.72 Å². The highest BCUT2D eigenvalue weighted by atomic mass is 35.5.